The van der Waals surface area contributed by atoms with Crippen molar-refractivity contribution in [1.29, 1.82) is 0 Å². The number of ketones is 1. The number of hydrogen-bond acceptors (Lipinski definition) is 3. The highest BCUT2D eigenvalue weighted by molar-refractivity contribution is 5.84. The SMILES string of the molecule is CC(CC(=O)CN(C)C(=O)OC(C)(C)C)C1CC1. The summed E-state index contributed by atoms with van der Waals surface area (Å²) in [6.07, 6.45) is 2.62. The average Bonchev–Trinajstić information content (AvgIpc) is 2.96. The molecule has 0 N–H and O–H groups in total. The Labute approximate surface area is 110 Å². The third-order valence-electron chi connectivity index (χ3n) is 3.10. The molecule has 0 aliphatic heterocycles. The summed E-state index contributed by atoms with van der Waals surface area (Å²) in [5.41, 5.74) is -0.518. The molecule has 1 saturated carbocycles. The Bertz CT molecular complexity index is 315. The number of amides is 1. The lowest BCUT2D eigenvalue weighted by atomic mass is 9.99. The lowest BCUT2D eigenvalue weighted by molar-refractivity contribution is -0.120. The van der Waals surface area contributed by atoms with Crippen molar-refractivity contribution >= 4 is 11.9 Å². The molecule has 0 aromatic rings. The number of carbonyl (C=O) groups excluding carboxylic acids is 2. The van der Waals surface area contributed by atoms with Crippen molar-refractivity contribution in [2.45, 2.75) is 52.6 Å². The molecule has 0 aromatic carbocycles. The van der Waals surface area contributed by atoms with Crippen LogP contribution in [0, 0.1) is 11.8 Å². The minimum atomic E-state index is -0.518. The lowest BCUT2D eigenvalue weighted by Gasteiger charge is -2.24. The number of likely N-dealkylation sites (N-methyl/N-ethyl adjacent to an activating group) is 1. The van der Waals surface area contributed by atoms with Crippen molar-refractivity contribution in [2.75, 3.05) is 13.6 Å². The number of Topliss-reactive ketones (excluding diaryl/α,β-unsaturated/α-hetero) is 1. The molecule has 1 aliphatic rings. The van der Waals surface area contributed by atoms with Gasteiger partial charge in [-0.3, -0.25) is 4.79 Å². The van der Waals surface area contributed by atoms with Crippen LogP contribution in [0.3, 0.4) is 0 Å². The highest BCUT2D eigenvalue weighted by Crippen LogP contribution is 2.38. The molecule has 0 radical (unpaired) electrons. The molecule has 0 bridgehead atoms. The minimum absolute atomic E-state index is 0.114. The largest absolute Gasteiger partial charge is 0.444 e. The van der Waals surface area contributed by atoms with Gasteiger partial charge in [0.05, 0.1) is 6.54 Å². The molecule has 4 heteroatoms. The molecular weight excluding hydrogens is 230 g/mol. The van der Waals surface area contributed by atoms with Crippen molar-refractivity contribution in [3.63, 3.8) is 0 Å². The summed E-state index contributed by atoms with van der Waals surface area (Å²) in [6, 6.07) is 0. The summed E-state index contributed by atoms with van der Waals surface area (Å²) in [4.78, 5) is 24.8. The Morgan fingerprint density at radius 2 is 1.89 bits per heavy atom. The first-order valence-electron chi connectivity index (χ1n) is 6.65. The predicted molar refractivity (Wildman–Crippen MR) is 70.4 cm³/mol. The van der Waals surface area contributed by atoms with Crippen molar-refractivity contribution in [3.05, 3.63) is 0 Å². The van der Waals surface area contributed by atoms with E-state index in [-0.39, 0.29) is 12.3 Å². The summed E-state index contributed by atoms with van der Waals surface area (Å²) in [5, 5.41) is 0. The molecule has 0 heterocycles. The third kappa shape index (κ3) is 5.52. The fourth-order valence-electron chi connectivity index (χ4n) is 1.92. The van der Waals surface area contributed by atoms with E-state index >= 15 is 0 Å². The van der Waals surface area contributed by atoms with Crippen LogP contribution >= 0.6 is 0 Å². The minimum Gasteiger partial charge on any atom is -0.444 e. The second kappa shape index (κ2) is 5.72. The van der Waals surface area contributed by atoms with E-state index in [0.717, 1.165) is 5.92 Å². The van der Waals surface area contributed by atoms with Gasteiger partial charge in [0.25, 0.3) is 0 Å². The zero-order valence-corrected chi connectivity index (χ0v) is 12.2. The van der Waals surface area contributed by atoms with Gasteiger partial charge in [-0.2, -0.15) is 0 Å². The van der Waals surface area contributed by atoms with Gasteiger partial charge in [0.1, 0.15) is 5.60 Å². The maximum Gasteiger partial charge on any atom is 0.410 e. The van der Waals surface area contributed by atoms with Crippen LogP contribution < -0.4 is 0 Å². The molecule has 0 spiro atoms. The maximum atomic E-state index is 11.8. The molecule has 104 valence electrons. The van der Waals surface area contributed by atoms with Crippen LogP contribution in [-0.4, -0.2) is 36.0 Å². The van der Waals surface area contributed by atoms with Crippen molar-refractivity contribution < 1.29 is 14.3 Å². The average molecular weight is 255 g/mol. The van der Waals surface area contributed by atoms with Crippen LogP contribution in [0.25, 0.3) is 0 Å². The fourth-order valence-corrected chi connectivity index (χ4v) is 1.92. The number of ether oxygens (including phenoxy) is 1. The molecule has 1 fully saturated rings. The molecule has 1 aliphatic carbocycles. The third-order valence-corrected chi connectivity index (χ3v) is 3.10. The number of carbonyl (C=O) groups is 2. The first-order valence-corrected chi connectivity index (χ1v) is 6.65. The topological polar surface area (TPSA) is 46.6 Å². The van der Waals surface area contributed by atoms with Crippen LogP contribution in [0.1, 0.15) is 47.0 Å². The van der Waals surface area contributed by atoms with Crippen LogP contribution in [-0.2, 0) is 9.53 Å². The van der Waals surface area contributed by atoms with E-state index in [9.17, 15) is 9.59 Å². The number of hydrogen-bond donors (Lipinski definition) is 0. The Kier molecular flexibility index (Phi) is 4.77. The zero-order valence-electron chi connectivity index (χ0n) is 12.2. The van der Waals surface area contributed by atoms with Gasteiger partial charge in [-0.1, -0.05) is 6.92 Å². The highest BCUT2D eigenvalue weighted by atomic mass is 16.6. The summed E-state index contributed by atoms with van der Waals surface area (Å²) in [5.74, 6) is 1.29. The van der Waals surface area contributed by atoms with Gasteiger partial charge >= 0.3 is 6.09 Å². The smallest absolute Gasteiger partial charge is 0.410 e. The standard InChI is InChI=1S/C14H25NO3/c1-10(11-6-7-11)8-12(16)9-15(5)13(17)18-14(2,3)4/h10-11H,6-9H2,1-5H3. The van der Waals surface area contributed by atoms with Gasteiger partial charge in [0.15, 0.2) is 5.78 Å². The Morgan fingerprint density at radius 1 is 1.33 bits per heavy atom. The van der Waals surface area contributed by atoms with Crippen molar-refractivity contribution in [1.82, 2.24) is 4.90 Å². The van der Waals surface area contributed by atoms with Crippen LogP contribution in [0.5, 0.6) is 0 Å². The van der Waals surface area contributed by atoms with E-state index in [0.29, 0.717) is 12.3 Å². The quantitative estimate of drug-likeness (QED) is 0.759. The zero-order chi connectivity index (χ0) is 13.9. The van der Waals surface area contributed by atoms with E-state index in [2.05, 4.69) is 6.92 Å². The molecule has 1 unspecified atom stereocenters. The Hall–Kier alpha value is -1.06. The second-order valence-corrected chi connectivity index (χ2v) is 6.39. The molecule has 0 aromatic heterocycles. The van der Waals surface area contributed by atoms with Gasteiger partial charge in [0.2, 0.25) is 0 Å². The normalized spacial score (nSPS) is 17.2. The van der Waals surface area contributed by atoms with Gasteiger partial charge < -0.3 is 9.64 Å². The second-order valence-electron chi connectivity index (χ2n) is 6.39. The van der Waals surface area contributed by atoms with E-state index in [4.69, 9.17) is 4.74 Å². The van der Waals surface area contributed by atoms with Crippen LogP contribution in [0.15, 0.2) is 0 Å². The van der Waals surface area contributed by atoms with Crippen molar-refractivity contribution in [2.24, 2.45) is 11.8 Å². The van der Waals surface area contributed by atoms with E-state index < -0.39 is 11.7 Å². The van der Waals surface area contributed by atoms with Crippen LogP contribution in [0.2, 0.25) is 0 Å². The van der Waals surface area contributed by atoms with Gasteiger partial charge in [-0.15, -0.1) is 0 Å². The molecule has 1 rings (SSSR count). The molecule has 18 heavy (non-hydrogen) atoms. The fraction of sp³-hybridized carbons (Fsp3) is 0.857. The summed E-state index contributed by atoms with van der Waals surface area (Å²) >= 11 is 0. The first kappa shape index (κ1) is 15.0. The maximum absolute atomic E-state index is 11.8. The summed E-state index contributed by atoms with van der Waals surface area (Å²) in [7, 11) is 1.60. The number of nitrogens with zero attached hydrogens (tertiary/aromatic N) is 1. The predicted octanol–water partition coefficient (Wildman–Crippen LogP) is 2.86. The molecule has 1 amide bonds. The highest BCUT2D eigenvalue weighted by Gasteiger charge is 2.30. The lowest BCUT2D eigenvalue weighted by Crippen LogP contribution is -2.37. The molecular formula is C14H25NO3. The molecule has 0 saturated heterocycles. The van der Waals surface area contributed by atoms with Gasteiger partial charge in [0, 0.05) is 13.5 Å². The summed E-state index contributed by atoms with van der Waals surface area (Å²) in [6.45, 7) is 7.70. The van der Waals surface area contributed by atoms with Gasteiger partial charge in [-0.05, 0) is 45.4 Å². The Balaban J connectivity index is 2.31. The van der Waals surface area contributed by atoms with E-state index in [1.54, 1.807) is 7.05 Å². The number of rotatable bonds is 5. The Morgan fingerprint density at radius 3 is 2.33 bits per heavy atom. The van der Waals surface area contributed by atoms with Crippen molar-refractivity contribution in [3.8, 4) is 0 Å². The molecule has 1 atom stereocenters. The van der Waals surface area contributed by atoms with Crippen LogP contribution in [0.4, 0.5) is 4.79 Å². The van der Waals surface area contributed by atoms with Gasteiger partial charge in [-0.25, -0.2) is 4.79 Å². The van der Waals surface area contributed by atoms with E-state index in [1.807, 2.05) is 20.8 Å². The molecule has 4 nitrogen and oxygen atoms in total. The monoisotopic (exact) mass is 255 g/mol. The first-order chi connectivity index (χ1) is 8.19. The van der Waals surface area contributed by atoms with E-state index in [1.165, 1.54) is 17.7 Å². The summed E-state index contributed by atoms with van der Waals surface area (Å²) < 4.78 is 5.20.